The van der Waals surface area contributed by atoms with Crippen LogP contribution < -0.4 is 11.5 Å². The zero-order chi connectivity index (χ0) is 12.7. The van der Waals surface area contributed by atoms with E-state index in [1.807, 2.05) is 6.92 Å². The standard InChI is InChI=1S/C11H9N3O3S/c1-5-4-16-11(13-5)18-9-3-7-8(2-6(9)12)17-10(15)14-7/h2-4H,12H2,1H3,(H,14,15). The molecule has 0 amide bonds. The lowest BCUT2D eigenvalue weighted by Gasteiger charge is -2.01. The number of rotatable bonds is 2. The van der Waals surface area contributed by atoms with Crippen LogP contribution in [-0.2, 0) is 0 Å². The number of nitrogens with two attached hydrogens (primary N) is 1. The Labute approximate surface area is 105 Å². The minimum absolute atomic E-state index is 0.436. The van der Waals surface area contributed by atoms with Crippen molar-refractivity contribution in [1.29, 1.82) is 0 Å². The number of aromatic amines is 1. The molecule has 0 atom stereocenters. The number of hydrogen-bond donors (Lipinski definition) is 2. The van der Waals surface area contributed by atoms with Gasteiger partial charge < -0.3 is 14.6 Å². The number of benzene rings is 1. The van der Waals surface area contributed by atoms with Crippen LogP contribution in [0.2, 0.25) is 0 Å². The lowest BCUT2D eigenvalue weighted by Crippen LogP contribution is -1.93. The summed E-state index contributed by atoms with van der Waals surface area (Å²) < 4.78 is 10.2. The molecule has 3 rings (SSSR count). The van der Waals surface area contributed by atoms with Gasteiger partial charge in [-0.2, -0.15) is 0 Å². The molecule has 7 heteroatoms. The minimum atomic E-state index is -0.501. The molecular formula is C11H9N3O3S. The Morgan fingerprint density at radius 3 is 3.00 bits per heavy atom. The quantitative estimate of drug-likeness (QED) is 0.687. The molecule has 1 aromatic carbocycles. The van der Waals surface area contributed by atoms with E-state index in [9.17, 15) is 4.79 Å². The first-order valence-electron chi connectivity index (χ1n) is 5.14. The van der Waals surface area contributed by atoms with Crippen molar-refractivity contribution in [3.05, 3.63) is 34.6 Å². The maximum Gasteiger partial charge on any atom is 0.417 e. The second kappa shape index (κ2) is 3.95. The fraction of sp³-hybridized carbons (Fsp3) is 0.0909. The van der Waals surface area contributed by atoms with Gasteiger partial charge in [-0.15, -0.1) is 0 Å². The van der Waals surface area contributed by atoms with Gasteiger partial charge in [-0.25, -0.2) is 9.78 Å². The average Bonchev–Trinajstić information content (AvgIpc) is 2.85. The van der Waals surface area contributed by atoms with E-state index >= 15 is 0 Å². The summed E-state index contributed by atoms with van der Waals surface area (Å²) in [5.74, 6) is -0.501. The number of fused-ring (bicyclic) bond motifs is 1. The zero-order valence-electron chi connectivity index (χ0n) is 9.39. The van der Waals surface area contributed by atoms with Crippen LogP contribution in [0.15, 0.2) is 42.1 Å². The van der Waals surface area contributed by atoms with Gasteiger partial charge in [0.1, 0.15) is 6.26 Å². The zero-order valence-corrected chi connectivity index (χ0v) is 10.2. The van der Waals surface area contributed by atoms with Crippen LogP contribution in [-0.4, -0.2) is 9.97 Å². The van der Waals surface area contributed by atoms with E-state index in [4.69, 9.17) is 14.6 Å². The molecule has 3 N–H and O–H groups in total. The second-order valence-corrected chi connectivity index (χ2v) is 4.75. The number of anilines is 1. The molecule has 92 valence electrons. The predicted octanol–water partition coefficient (Wildman–Crippen LogP) is 2.15. The number of H-pyrrole nitrogens is 1. The number of aryl methyl sites for hydroxylation is 1. The number of aromatic nitrogens is 2. The molecular weight excluding hydrogens is 254 g/mol. The van der Waals surface area contributed by atoms with Crippen molar-refractivity contribution in [3.8, 4) is 0 Å². The Kier molecular flexibility index (Phi) is 2.41. The molecule has 0 fully saturated rings. The summed E-state index contributed by atoms with van der Waals surface area (Å²) in [7, 11) is 0. The molecule has 6 nitrogen and oxygen atoms in total. The lowest BCUT2D eigenvalue weighted by molar-refractivity contribution is 0.454. The Morgan fingerprint density at radius 2 is 2.28 bits per heavy atom. The minimum Gasteiger partial charge on any atom is -0.439 e. The fourth-order valence-electron chi connectivity index (χ4n) is 1.55. The SMILES string of the molecule is Cc1coc(Sc2cc3[nH]c(=O)oc3cc2N)n1. The number of nitrogens with one attached hydrogen (secondary N) is 1. The van der Waals surface area contributed by atoms with E-state index in [0.717, 1.165) is 10.6 Å². The molecule has 0 aliphatic carbocycles. The van der Waals surface area contributed by atoms with Gasteiger partial charge in [-0.05, 0) is 24.8 Å². The normalized spacial score (nSPS) is 11.2. The third kappa shape index (κ3) is 1.88. The molecule has 2 aromatic heterocycles. The van der Waals surface area contributed by atoms with Gasteiger partial charge in [0.25, 0.3) is 5.22 Å². The molecule has 3 aromatic rings. The molecule has 0 aliphatic rings. The summed E-state index contributed by atoms with van der Waals surface area (Å²) in [4.78, 5) is 18.6. The molecule has 0 unspecified atom stereocenters. The average molecular weight is 263 g/mol. The van der Waals surface area contributed by atoms with E-state index in [-0.39, 0.29) is 0 Å². The van der Waals surface area contributed by atoms with E-state index < -0.39 is 5.76 Å². The smallest absolute Gasteiger partial charge is 0.417 e. The molecule has 18 heavy (non-hydrogen) atoms. The van der Waals surface area contributed by atoms with Crippen molar-refractivity contribution >= 4 is 28.5 Å². The van der Waals surface area contributed by atoms with Crippen LogP contribution >= 0.6 is 11.8 Å². The van der Waals surface area contributed by atoms with E-state index in [1.165, 1.54) is 11.8 Å². The highest BCUT2D eigenvalue weighted by atomic mass is 32.2. The molecule has 0 spiro atoms. The first-order chi connectivity index (χ1) is 8.61. The van der Waals surface area contributed by atoms with Crippen molar-refractivity contribution in [2.75, 3.05) is 5.73 Å². The number of hydrogen-bond acceptors (Lipinski definition) is 6. The van der Waals surface area contributed by atoms with Gasteiger partial charge in [0.15, 0.2) is 5.58 Å². The lowest BCUT2D eigenvalue weighted by atomic mass is 10.3. The third-order valence-electron chi connectivity index (χ3n) is 2.35. The van der Waals surface area contributed by atoms with E-state index in [1.54, 1.807) is 18.4 Å². The highest BCUT2D eigenvalue weighted by molar-refractivity contribution is 7.99. The number of nitrogen functional groups attached to an aromatic ring is 1. The summed E-state index contributed by atoms with van der Waals surface area (Å²) >= 11 is 1.29. The molecule has 2 heterocycles. The number of nitrogens with zero attached hydrogens (tertiary/aromatic N) is 1. The predicted molar refractivity (Wildman–Crippen MR) is 66.6 cm³/mol. The van der Waals surface area contributed by atoms with Crippen LogP contribution in [0, 0.1) is 6.92 Å². The summed E-state index contributed by atoms with van der Waals surface area (Å²) in [6.45, 7) is 1.84. The summed E-state index contributed by atoms with van der Waals surface area (Å²) in [6.07, 6.45) is 1.57. The largest absolute Gasteiger partial charge is 0.439 e. The Balaban J connectivity index is 2.05. The van der Waals surface area contributed by atoms with E-state index in [2.05, 4.69) is 9.97 Å². The van der Waals surface area contributed by atoms with Crippen molar-refractivity contribution in [2.24, 2.45) is 0 Å². The Morgan fingerprint density at radius 1 is 1.44 bits per heavy atom. The van der Waals surface area contributed by atoms with Gasteiger partial charge in [0.2, 0.25) is 0 Å². The third-order valence-corrected chi connectivity index (χ3v) is 3.28. The fourth-order valence-corrected chi connectivity index (χ4v) is 2.38. The summed E-state index contributed by atoms with van der Waals surface area (Å²) in [5.41, 5.74) is 8.22. The molecule has 0 saturated heterocycles. The van der Waals surface area contributed by atoms with Crippen molar-refractivity contribution < 1.29 is 8.83 Å². The van der Waals surface area contributed by atoms with E-state index in [0.29, 0.717) is 22.0 Å². The highest BCUT2D eigenvalue weighted by Gasteiger charge is 2.10. The maximum atomic E-state index is 11.1. The second-order valence-electron chi connectivity index (χ2n) is 3.76. The topological polar surface area (TPSA) is 98.0 Å². The van der Waals surface area contributed by atoms with Gasteiger partial charge in [0.05, 0.1) is 11.2 Å². The molecule has 0 aliphatic heterocycles. The number of oxazole rings is 2. The van der Waals surface area contributed by atoms with Crippen LogP contribution in [0.5, 0.6) is 0 Å². The van der Waals surface area contributed by atoms with Crippen LogP contribution in [0.1, 0.15) is 5.69 Å². The monoisotopic (exact) mass is 263 g/mol. The van der Waals surface area contributed by atoms with Crippen LogP contribution in [0.25, 0.3) is 11.1 Å². The molecule has 0 radical (unpaired) electrons. The first-order valence-corrected chi connectivity index (χ1v) is 5.96. The van der Waals surface area contributed by atoms with Crippen LogP contribution in [0.3, 0.4) is 0 Å². The summed E-state index contributed by atoms with van der Waals surface area (Å²) in [5, 5.41) is 0.504. The Hall–Kier alpha value is -2.15. The van der Waals surface area contributed by atoms with Gasteiger partial charge in [-0.3, -0.25) is 4.98 Å². The first kappa shape index (κ1) is 11.0. The van der Waals surface area contributed by atoms with Crippen LogP contribution in [0.4, 0.5) is 5.69 Å². The van der Waals surface area contributed by atoms with Crippen molar-refractivity contribution in [3.63, 3.8) is 0 Å². The molecule has 0 saturated carbocycles. The van der Waals surface area contributed by atoms with Crippen molar-refractivity contribution in [1.82, 2.24) is 9.97 Å². The molecule has 0 bridgehead atoms. The van der Waals surface area contributed by atoms with Gasteiger partial charge >= 0.3 is 5.76 Å². The van der Waals surface area contributed by atoms with Crippen molar-refractivity contribution in [2.45, 2.75) is 17.0 Å². The van der Waals surface area contributed by atoms with Gasteiger partial charge in [-0.1, -0.05) is 0 Å². The maximum absolute atomic E-state index is 11.1. The summed E-state index contributed by atoms with van der Waals surface area (Å²) in [6, 6.07) is 3.34. The Bertz CT molecular complexity index is 771. The van der Waals surface area contributed by atoms with Gasteiger partial charge in [0, 0.05) is 16.6 Å². The highest BCUT2D eigenvalue weighted by Crippen LogP contribution is 2.33.